The van der Waals surface area contributed by atoms with Crippen LogP contribution in [0.2, 0.25) is 0 Å². The van der Waals surface area contributed by atoms with Crippen LogP contribution in [0.1, 0.15) is 73.6 Å². The third kappa shape index (κ3) is 3.34. The minimum absolute atomic E-state index is 0.177. The van der Waals surface area contributed by atoms with Crippen LogP contribution < -0.4 is 0 Å². The lowest BCUT2D eigenvalue weighted by atomic mass is 10.0. The highest BCUT2D eigenvalue weighted by Gasteiger charge is 2.42. The van der Waals surface area contributed by atoms with Crippen molar-refractivity contribution in [2.75, 3.05) is 0 Å². The fraction of sp³-hybridized carbons (Fsp3) is 0.318. The maximum Gasteiger partial charge on any atom is 0.329 e. The molecule has 0 saturated carbocycles. The zero-order valence-electron chi connectivity index (χ0n) is 17.4. The van der Waals surface area contributed by atoms with E-state index in [4.69, 9.17) is 4.74 Å². The third-order valence-corrected chi connectivity index (χ3v) is 5.25. The lowest BCUT2D eigenvalue weighted by Crippen LogP contribution is -2.45. The number of hydrogen-bond donors (Lipinski definition) is 1. The van der Waals surface area contributed by atoms with Crippen LogP contribution in [-0.4, -0.2) is 51.4 Å². The van der Waals surface area contributed by atoms with Crippen LogP contribution >= 0.6 is 0 Å². The fourth-order valence-electron chi connectivity index (χ4n) is 3.72. The Kier molecular flexibility index (Phi) is 5.43. The smallest absolute Gasteiger partial charge is 0.329 e. The van der Waals surface area contributed by atoms with Gasteiger partial charge >= 0.3 is 5.97 Å². The van der Waals surface area contributed by atoms with Crippen LogP contribution in [0.4, 0.5) is 0 Å². The average Bonchev–Trinajstić information content (AvgIpc) is 3.13. The van der Waals surface area contributed by atoms with Gasteiger partial charge in [-0.15, -0.1) is 0 Å². The van der Waals surface area contributed by atoms with Crippen molar-refractivity contribution in [1.29, 1.82) is 0 Å². The number of carbonyl (C=O) groups excluding carboxylic acids is 5. The fourth-order valence-corrected chi connectivity index (χ4v) is 3.72. The lowest BCUT2D eigenvalue weighted by molar-refractivity contribution is -0.150. The predicted molar refractivity (Wildman–Crippen MR) is 107 cm³/mol. The van der Waals surface area contributed by atoms with Crippen LogP contribution in [0.15, 0.2) is 24.3 Å². The number of aromatic amines is 1. The number of esters is 1. The second kappa shape index (κ2) is 7.70. The minimum Gasteiger partial charge on any atom is -0.453 e. The number of aryl methyl sites for hydroxylation is 1. The van der Waals surface area contributed by atoms with Crippen molar-refractivity contribution in [2.45, 2.75) is 46.8 Å². The monoisotopic (exact) mass is 410 g/mol. The van der Waals surface area contributed by atoms with E-state index in [1.165, 1.54) is 32.9 Å². The van der Waals surface area contributed by atoms with Gasteiger partial charge in [0.05, 0.1) is 16.8 Å². The van der Waals surface area contributed by atoms with Crippen LogP contribution in [0.25, 0.3) is 0 Å². The number of benzene rings is 1. The van der Waals surface area contributed by atoms with E-state index in [1.54, 1.807) is 26.0 Å². The summed E-state index contributed by atoms with van der Waals surface area (Å²) in [7, 11) is 0. The van der Waals surface area contributed by atoms with Crippen molar-refractivity contribution in [1.82, 2.24) is 9.88 Å². The summed E-state index contributed by atoms with van der Waals surface area (Å²) in [6.07, 6.45) is -1.17. The highest BCUT2D eigenvalue weighted by molar-refractivity contribution is 6.22. The first-order valence-electron chi connectivity index (χ1n) is 9.48. The van der Waals surface area contributed by atoms with E-state index in [9.17, 15) is 24.0 Å². The maximum atomic E-state index is 12.8. The molecule has 1 aliphatic rings. The van der Waals surface area contributed by atoms with Crippen molar-refractivity contribution in [3.05, 3.63) is 57.9 Å². The van der Waals surface area contributed by atoms with E-state index in [2.05, 4.69) is 4.98 Å². The molecule has 0 fully saturated rings. The minimum atomic E-state index is -1.20. The SMILES string of the molecule is CC(=O)c1c(C)[nH]c(C(=O)[C@@H](C)OC(=O)[C@@H](C)N2C(=O)c3ccccc3C2=O)c1C. The summed E-state index contributed by atoms with van der Waals surface area (Å²) in [6.45, 7) is 7.51. The number of fused-ring (bicyclic) bond motifs is 1. The van der Waals surface area contributed by atoms with Crippen molar-refractivity contribution >= 4 is 29.4 Å². The molecule has 2 amide bonds. The molecule has 3 rings (SSSR count). The number of ether oxygens (including phenoxy) is 1. The molecule has 2 atom stereocenters. The number of imide groups is 1. The molecule has 30 heavy (non-hydrogen) atoms. The number of nitrogens with one attached hydrogen (secondary N) is 1. The first-order chi connectivity index (χ1) is 14.1. The number of rotatable bonds is 6. The molecular formula is C22H22N2O6. The average molecular weight is 410 g/mol. The van der Waals surface area contributed by atoms with Gasteiger partial charge < -0.3 is 9.72 Å². The van der Waals surface area contributed by atoms with Crippen molar-refractivity contribution in [2.24, 2.45) is 0 Å². The number of nitrogens with zero attached hydrogens (tertiary/aromatic N) is 1. The Labute approximate surface area is 173 Å². The van der Waals surface area contributed by atoms with Gasteiger partial charge in [-0.3, -0.25) is 24.1 Å². The molecule has 8 nitrogen and oxygen atoms in total. The van der Waals surface area contributed by atoms with Crippen molar-refractivity contribution < 1.29 is 28.7 Å². The summed E-state index contributed by atoms with van der Waals surface area (Å²) in [4.78, 5) is 65.9. The summed E-state index contributed by atoms with van der Waals surface area (Å²) < 4.78 is 5.26. The molecule has 1 aromatic carbocycles. The van der Waals surface area contributed by atoms with Gasteiger partial charge in [0.1, 0.15) is 6.04 Å². The van der Waals surface area contributed by atoms with Gasteiger partial charge in [-0.1, -0.05) is 12.1 Å². The van der Waals surface area contributed by atoms with E-state index < -0.39 is 35.7 Å². The zero-order chi connectivity index (χ0) is 22.3. The molecule has 156 valence electrons. The lowest BCUT2D eigenvalue weighted by Gasteiger charge is -2.22. The highest BCUT2D eigenvalue weighted by Crippen LogP contribution is 2.25. The molecule has 1 N–H and O–H groups in total. The first kappa shape index (κ1) is 21.2. The van der Waals surface area contributed by atoms with E-state index >= 15 is 0 Å². The van der Waals surface area contributed by atoms with Crippen LogP contribution in [0, 0.1) is 13.8 Å². The molecule has 0 spiro atoms. The number of hydrogen-bond acceptors (Lipinski definition) is 6. The Bertz CT molecular complexity index is 1060. The van der Waals surface area contributed by atoms with E-state index in [1.807, 2.05) is 0 Å². The molecule has 8 heteroatoms. The summed E-state index contributed by atoms with van der Waals surface area (Å²) in [5, 5.41) is 0. The van der Waals surface area contributed by atoms with Gasteiger partial charge in [0.2, 0.25) is 5.78 Å². The summed E-state index contributed by atoms with van der Waals surface area (Å²) in [5.74, 6) is -2.73. The molecule has 0 bridgehead atoms. The molecule has 2 heterocycles. The highest BCUT2D eigenvalue weighted by atomic mass is 16.5. The molecule has 0 radical (unpaired) electrons. The second-order valence-electron chi connectivity index (χ2n) is 7.33. The molecule has 0 unspecified atom stereocenters. The number of Topliss-reactive ketones (excluding diaryl/α,β-unsaturated/α-hetero) is 2. The molecular weight excluding hydrogens is 388 g/mol. The second-order valence-corrected chi connectivity index (χ2v) is 7.33. The van der Waals surface area contributed by atoms with Crippen LogP contribution in [0.3, 0.4) is 0 Å². The Hall–Kier alpha value is -3.55. The molecule has 1 aliphatic heterocycles. The standard InChI is InChI=1S/C22H22N2O6/c1-10-17(13(4)25)11(2)23-18(10)19(26)14(5)30-22(29)12(3)24-20(27)15-8-6-7-9-16(15)21(24)28/h6-9,12,14,23H,1-5H3/t12-,14-/m1/s1. The normalized spacial score (nSPS) is 15.0. The topological polar surface area (TPSA) is 114 Å². The van der Waals surface area contributed by atoms with Gasteiger partial charge in [-0.2, -0.15) is 0 Å². The number of carbonyl (C=O) groups is 5. The maximum absolute atomic E-state index is 12.8. The van der Waals surface area contributed by atoms with E-state index in [-0.39, 0.29) is 22.6 Å². The third-order valence-electron chi connectivity index (χ3n) is 5.25. The van der Waals surface area contributed by atoms with Gasteiger partial charge in [-0.25, -0.2) is 4.79 Å². The summed E-state index contributed by atoms with van der Waals surface area (Å²) >= 11 is 0. The van der Waals surface area contributed by atoms with Gasteiger partial charge in [-0.05, 0) is 52.3 Å². The molecule has 0 saturated heterocycles. The predicted octanol–water partition coefficient (Wildman–Crippen LogP) is 2.63. The van der Waals surface area contributed by atoms with Crippen molar-refractivity contribution in [3.8, 4) is 0 Å². The van der Waals surface area contributed by atoms with Crippen LogP contribution in [-0.2, 0) is 9.53 Å². The Morgan fingerprint density at radius 2 is 1.53 bits per heavy atom. The Morgan fingerprint density at radius 1 is 1.00 bits per heavy atom. The summed E-state index contributed by atoms with van der Waals surface area (Å²) in [5.41, 5.74) is 2.10. The Balaban J connectivity index is 1.76. The van der Waals surface area contributed by atoms with Gasteiger partial charge in [0, 0.05) is 11.3 Å². The number of amides is 2. The van der Waals surface area contributed by atoms with Gasteiger partial charge in [0.25, 0.3) is 11.8 Å². The molecule has 0 aliphatic carbocycles. The van der Waals surface area contributed by atoms with Crippen LogP contribution in [0.5, 0.6) is 0 Å². The summed E-state index contributed by atoms with van der Waals surface area (Å²) in [6, 6.07) is 5.10. The van der Waals surface area contributed by atoms with Crippen molar-refractivity contribution in [3.63, 3.8) is 0 Å². The molecule has 1 aromatic heterocycles. The number of ketones is 2. The van der Waals surface area contributed by atoms with Gasteiger partial charge in [0.15, 0.2) is 11.9 Å². The largest absolute Gasteiger partial charge is 0.453 e. The quantitative estimate of drug-likeness (QED) is 0.445. The van der Waals surface area contributed by atoms with E-state index in [0.717, 1.165) is 4.90 Å². The Morgan fingerprint density at radius 3 is 2.00 bits per heavy atom. The molecule has 2 aromatic rings. The number of H-pyrrole nitrogens is 1. The first-order valence-corrected chi connectivity index (χ1v) is 9.48. The zero-order valence-corrected chi connectivity index (χ0v) is 17.4. The van der Waals surface area contributed by atoms with E-state index in [0.29, 0.717) is 16.8 Å². The number of aromatic nitrogens is 1.